The fourth-order valence-corrected chi connectivity index (χ4v) is 2.22. The van der Waals surface area contributed by atoms with Gasteiger partial charge in [-0.15, -0.1) is 12.4 Å². The fraction of sp³-hybridized carbons (Fsp3) is 0.471. The molecule has 1 aromatic heterocycles. The number of halogens is 1. The van der Waals surface area contributed by atoms with Crippen LogP contribution in [0.5, 0.6) is 0 Å². The van der Waals surface area contributed by atoms with Crippen LogP contribution in [0.1, 0.15) is 45.9 Å². The molecule has 7 heteroatoms. The molecule has 0 aliphatic carbocycles. The summed E-state index contributed by atoms with van der Waals surface area (Å²) in [6.07, 6.45) is 2.47. The van der Waals surface area contributed by atoms with E-state index in [2.05, 4.69) is 41.3 Å². The molecule has 0 atom stereocenters. The van der Waals surface area contributed by atoms with Crippen LogP contribution in [0.3, 0.4) is 0 Å². The molecule has 0 spiro atoms. The topological polar surface area (TPSA) is 96.7 Å². The quantitative estimate of drug-likeness (QED) is 0.741. The minimum atomic E-state index is 0. The molecule has 0 saturated carbocycles. The van der Waals surface area contributed by atoms with E-state index in [9.17, 15) is 4.79 Å². The molecule has 24 heavy (non-hydrogen) atoms. The van der Waals surface area contributed by atoms with E-state index in [1.807, 2.05) is 24.3 Å². The van der Waals surface area contributed by atoms with Crippen LogP contribution in [0.15, 0.2) is 24.3 Å². The summed E-state index contributed by atoms with van der Waals surface area (Å²) in [5.74, 6) is 1.30. The Balaban J connectivity index is 0.00000288. The van der Waals surface area contributed by atoms with Crippen molar-refractivity contribution < 1.29 is 4.79 Å². The molecule has 4 N–H and O–H groups in total. The third kappa shape index (κ3) is 6.29. The van der Waals surface area contributed by atoms with Crippen molar-refractivity contribution in [2.24, 2.45) is 11.1 Å². The first-order valence-corrected chi connectivity index (χ1v) is 7.89. The average molecular weight is 352 g/mol. The summed E-state index contributed by atoms with van der Waals surface area (Å²) < 4.78 is 0. The molecule has 0 aliphatic heterocycles. The molecule has 6 nitrogen and oxygen atoms in total. The predicted molar refractivity (Wildman–Crippen MR) is 98.9 cm³/mol. The number of nitrogens with two attached hydrogens (primary N) is 1. The average Bonchev–Trinajstić information content (AvgIpc) is 2.95. The van der Waals surface area contributed by atoms with Crippen LogP contribution in [0.25, 0.3) is 11.4 Å². The summed E-state index contributed by atoms with van der Waals surface area (Å²) in [7, 11) is 0. The summed E-state index contributed by atoms with van der Waals surface area (Å²) in [4.78, 5) is 16.2. The van der Waals surface area contributed by atoms with Crippen LogP contribution in [0, 0.1) is 5.41 Å². The van der Waals surface area contributed by atoms with Crippen LogP contribution in [-0.2, 0) is 11.3 Å². The van der Waals surface area contributed by atoms with Crippen molar-refractivity contribution in [2.45, 2.75) is 46.6 Å². The number of amides is 1. The molecule has 0 bridgehead atoms. The number of hydrogen-bond donors (Lipinski definition) is 3. The maximum Gasteiger partial charge on any atom is 0.224 e. The van der Waals surface area contributed by atoms with E-state index in [1.165, 1.54) is 0 Å². The lowest BCUT2D eigenvalue weighted by Gasteiger charge is -2.17. The van der Waals surface area contributed by atoms with Gasteiger partial charge in [-0.2, -0.15) is 5.10 Å². The van der Waals surface area contributed by atoms with Gasteiger partial charge in [0.2, 0.25) is 5.91 Å². The summed E-state index contributed by atoms with van der Waals surface area (Å²) in [5, 5.41) is 9.80. The Morgan fingerprint density at radius 1 is 1.25 bits per heavy atom. The van der Waals surface area contributed by atoms with Gasteiger partial charge >= 0.3 is 0 Å². The molecule has 1 aromatic carbocycles. The second kappa shape index (κ2) is 8.80. The number of nitrogens with zero attached hydrogens (tertiary/aromatic N) is 2. The Bertz CT molecular complexity index is 646. The molecule has 0 radical (unpaired) electrons. The molecule has 132 valence electrons. The number of hydrogen-bond acceptors (Lipinski definition) is 4. The third-order valence-electron chi connectivity index (χ3n) is 3.48. The molecule has 0 aliphatic rings. The number of anilines is 1. The van der Waals surface area contributed by atoms with Gasteiger partial charge in [-0.25, -0.2) is 4.98 Å². The molecular weight excluding hydrogens is 326 g/mol. The Morgan fingerprint density at radius 3 is 2.46 bits per heavy atom. The molecule has 0 saturated heterocycles. The van der Waals surface area contributed by atoms with Crippen LogP contribution >= 0.6 is 12.4 Å². The lowest BCUT2D eigenvalue weighted by Crippen LogP contribution is -2.13. The fourth-order valence-electron chi connectivity index (χ4n) is 2.22. The normalized spacial score (nSPS) is 11.0. The van der Waals surface area contributed by atoms with E-state index in [0.29, 0.717) is 24.6 Å². The number of aromatic nitrogens is 3. The molecule has 2 rings (SSSR count). The van der Waals surface area contributed by atoms with Gasteiger partial charge in [-0.3, -0.25) is 9.89 Å². The molecule has 0 unspecified atom stereocenters. The van der Waals surface area contributed by atoms with Crippen molar-refractivity contribution in [3.8, 4) is 11.4 Å². The monoisotopic (exact) mass is 351 g/mol. The van der Waals surface area contributed by atoms with Crippen LogP contribution < -0.4 is 11.1 Å². The Kier molecular flexibility index (Phi) is 7.38. The first-order valence-electron chi connectivity index (χ1n) is 7.89. The molecule has 1 heterocycles. The maximum absolute atomic E-state index is 11.9. The second-order valence-corrected chi connectivity index (χ2v) is 6.85. The third-order valence-corrected chi connectivity index (χ3v) is 3.48. The standard InChI is InChI=1S/C17H25N5O.ClH/c1-17(2,3)10-4-5-15(23)19-13-8-6-12(7-9-13)16-20-14(11-18)21-22-16;/h6-9H,4-5,10-11,18H2,1-3H3,(H,19,23)(H,20,21,22);1H. The molecule has 2 aromatic rings. The van der Waals surface area contributed by atoms with Gasteiger partial charge < -0.3 is 11.1 Å². The van der Waals surface area contributed by atoms with E-state index < -0.39 is 0 Å². The summed E-state index contributed by atoms with van der Waals surface area (Å²) in [5.41, 5.74) is 7.43. The van der Waals surface area contributed by atoms with Crippen molar-refractivity contribution in [2.75, 3.05) is 5.32 Å². The van der Waals surface area contributed by atoms with E-state index in [0.717, 1.165) is 24.1 Å². The number of carbonyl (C=O) groups excluding carboxylic acids is 1. The zero-order chi connectivity index (χ0) is 16.9. The van der Waals surface area contributed by atoms with Gasteiger partial charge in [0.05, 0.1) is 6.54 Å². The van der Waals surface area contributed by atoms with Gasteiger partial charge in [0.1, 0.15) is 5.82 Å². The summed E-state index contributed by atoms with van der Waals surface area (Å²) >= 11 is 0. The number of carbonyl (C=O) groups is 1. The van der Waals surface area contributed by atoms with Crippen molar-refractivity contribution in [3.05, 3.63) is 30.1 Å². The number of rotatable bonds is 6. The van der Waals surface area contributed by atoms with E-state index in [4.69, 9.17) is 5.73 Å². The minimum Gasteiger partial charge on any atom is -0.326 e. The van der Waals surface area contributed by atoms with E-state index >= 15 is 0 Å². The second-order valence-electron chi connectivity index (χ2n) is 6.85. The highest BCUT2D eigenvalue weighted by molar-refractivity contribution is 5.90. The van der Waals surface area contributed by atoms with Crippen molar-refractivity contribution in [1.29, 1.82) is 0 Å². The van der Waals surface area contributed by atoms with Crippen LogP contribution in [0.4, 0.5) is 5.69 Å². The van der Waals surface area contributed by atoms with E-state index in [-0.39, 0.29) is 23.7 Å². The zero-order valence-electron chi connectivity index (χ0n) is 14.4. The highest BCUT2D eigenvalue weighted by Crippen LogP contribution is 2.22. The molecule has 1 amide bonds. The lowest BCUT2D eigenvalue weighted by atomic mass is 9.90. The Morgan fingerprint density at radius 2 is 1.92 bits per heavy atom. The Hall–Kier alpha value is -1.92. The van der Waals surface area contributed by atoms with Crippen molar-refractivity contribution in [3.63, 3.8) is 0 Å². The van der Waals surface area contributed by atoms with Crippen LogP contribution in [-0.4, -0.2) is 21.1 Å². The number of aromatic amines is 1. The highest BCUT2D eigenvalue weighted by atomic mass is 35.5. The van der Waals surface area contributed by atoms with Crippen molar-refractivity contribution in [1.82, 2.24) is 15.2 Å². The smallest absolute Gasteiger partial charge is 0.224 e. The summed E-state index contributed by atoms with van der Waals surface area (Å²) in [6, 6.07) is 7.48. The van der Waals surface area contributed by atoms with Gasteiger partial charge in [0.25, 0.3) is 0 Å². The first kappa shape index (κ1) is 20.1. The van der Waals surface area contributed by atoms with Crippen LogP contribution in [0.2, 0.25) is 0 Å². The molecular formula is C17H26ClN5O. The first-order chi connectivity index (χ1) is 10.9. The predicted octanol–water partition coefficient (Wildman–Crippen LogP) is 3.51. The number of benzene rings is 1. The summed E-state index contributed by atoms with van der Waals surface area (Å²) in [6.45, 7) is 6.88. The van der Waals surface area contributed by atoms with Gasteiger partial charge in [0.15, 0.2) is 5.82 Å². The number of nitrogens with one attached hydrogen (secondary N) is 2. The number of H-pyrrole nitrogens is 1. The van der Waals surface area contributed by atoms with Gasteiger partial charge in [-0.05, 0) is 42.5 Å². The largest absolute Gasteiger partial charge is 0.326 e. The highest BCUT2D eigenvalue weighted by Gasteiger charge is 2.11. The zero-order valence-corrected chi connectivity index (χ0v) is 15.2. The minimum absolute atomic E-state index is 0. The van der Waals surface area contributed by atoms with Gasteiger partial charge in [0, 0.05) is 17.7 Å². The lowest BCUT2D eigenvalue weighted by molar-refractivity contribution is -0.116. The van der Waals surface area contributed by atoms with Gasteiger partial charge in [-0.1, -0.05) is 20.8 Å². The Labute approximate surface area is 149 Å². The van der Waals surface area contributed by atoms with Crippen molar-refractivity contribution >= 4 is 24.0 Å². The molecule has 0 fully saturated rings. The SMILES string of the molecule is CC(C)(C)CCCC(=O)Nc1ccc(-c2n[nH]c(CN)n2)cc1.Cl. The maximum atomic E-state index is 11.9. The van der Waals surface area contributed by atoms with E-state index in [1.54, 1.807) is 0 Å².